The quantitative estimate of drug-likeness (QED) is 0.372. The molecule has 0 aliphatic heterocycles. The summed E-state index contributed by atoms with van der Waals surface area (Å²) in [7, 11) is 0. The Hall–Kier alpha value is -2.77. The molecule has 8 nitrogen and oxygen atoms in total. The van der Waals surface area contributed by atoms with Crippen LogP contribution in [0.4, 0.5) is 24.1 Å². The average Bonchev–Trinajstić information content (AvgIpc) is 3.52. The molecule has 0 aromatic carbocycles. The Morgan fingerprint density at radius 1 is 1.21 bits per heavy atom. The van der Waals surface area contributed by atoms with Crippen LogP contribution in [0.15, 0.2) is 36.1 Å². The minimum Gasteiger partial charge on any atom is -0.359 e. The highest BCUT2D eigenvalue weighted by Gasteiger charge is 2.33. The maximum absolute atomic E-state index is 13.0. The van der Waals surface area contributed by atoms with Crippen molar-refractivity contribution in [3.05, 3.63) is 47.5 Å². The molecule has 34 heavy (non-hydrogen) atoms. The van der Waals surface area contributed by atoms with E-state index in [9.17, 15) is 18.0 Å². The number of amides is 1. The zero-order valence-electron chi connectivity index (χ0n) is 18.2. The number of halogens is 3. The van der Waals surface area contributed by atoms with Crippen molar-refractivity contribution >= 4 is 40.1 Å². The van der Waals surface area contributed by atoms with E-state index in [-0.39, 0.29) is 17.6 Å². The van der Waals surface area contributed by atoms with Gasteiger partial charge in [-0.3, -0.25) is 9.78 Å². The smallest absolute Gasteiger partial charge is 0.359 e. The van der Waals surface area contributed by atoms with Crippen LogP contribution in [-0.4, -0.2) is 37.2 Å². The second kappa shape index (κ2) is 10.2. The number of ether oxygens (including phenoxy) is 1. The summed E-state index contributed by atoms with van der Waals surface area (Å²) in [6.07, 6.45) is -0.225. The van der Waals surface area contributed by atoms with Crippen LogP contribution in [0.3, 0.4) is 0 Å². The number of thiazole rings is 1. The molecule has 1 aliphatic carbocycles. The van der Waals surface area contributed by atoms with E-state index in [1.54, 1.807) is 17.3 Å². The second-order valence-electron chi connectivity index (χ2n) is 7.77. The molecule has 0 saturated heterocycles. The van der Waals surface area contributed by atoms with Gasteiger partial charge in [0.1, 0.15) is 5.82 Å². The first-order chi connectivity index (χ1) is 16.2. The highest BCUT2D eigenvalue weighted by atomic mass is 32.2. The summed E-state index contributed by atoms with van der Waals surface area (Å²) in [6, 6.07) is 2.98. The van der Waals surface area contributed by atoms with Crippen LogP contribution in [0, 0.1) is 0 Å². The van der Waals surface area contributed by atoms with Gasteiger partial charge in [0.25, 0.3) is 5.91 Å². The summed E-state index contributed by atoms with van der Waals surface area (Å²) in [5.41, 5.74) is -0.266. The van der Waals surface area contributed by atoms with Crippen molar-refractivity contribution in [2.75, 3.05) is 10.0 Å². The van der Waals surface area contributed by atoms with Gasteiger partial charge in [-0.1, -0.05) is 0 Å². The Morgan fingerprint density at radius 3 is 2.65 bits per heavy atom. The summed E-state index contributed by atoms with van der Waals surface area (Å²) in [4.78, 5) is 28.8. The molecule has 1 saturated carbocycles. The van der Waals surface area contributed by atoms with E-state index in [1.165, 1.54) is 48.7 Å². The fourth-order valence-corrected chi connectivity index (χ4v) is 4.35. The number of aromatic nitrogens is 4. The average molecular weight is 511 g/mol. The van der Waals surface area contributed by atoms with Gasteiger partial charge in [0.2, 0.25) is 0 Å². The zero-order chi connectivity index (χ0) is 24.3. The van der Waals surface area contributed by atoms with E-state index < -0.39 is 23.9 Å². The van der Waals surface area contributed by atoms with Gasteiger partial charge in [-0.05, 0) is 50.8 Å². The minimum atomic E-state index is -4.60. The third-order valence-electron chi connectivity index (χ3n) is 4.51. The number of carbonyl (C=O) groups excluding carboxylic acids is 1. The van der Waals surface area contributed by atoms with Crippen LogP contribution in [0.1, 0.15) is 44.2 Å². The summed E-state index contributed by atoms with van der Waals surface area (Å²) in [5.74, 6) is -0.247. The van der Waals surface area contributed by atoms with Crippen molar-refractivity contribution in [1.82, 2.24) is 19.9 Å². The van der Waals surface area contributed by atoms with Crippen molar-refractivity contribution in [2.24, 2.45) is 0 Å². The number of nitrogens with one attached hydrogen (secondary N) is 2. The molecule has 3 heterocycles. The van der Waals surface area contributed by atoms with E-state index in [0.29, 0.717) is 27.8 Å². The SMILES string of the molecule is CC(C)OC(C(=O)Nc1ccc(-c2cncc(C(F)(F)F)n2)cn1)c1csc(NSC2CC2)n1. The number of hydrogen-bond donors (Lipinski definition) is 2. The number of carbonyl (C=O) groups is 1. The predicted molar refractivity (Wildman–Crippen MR) is 124 cm³/mol. The summed E-state index contributed by atoms with van der Waals surface area (Å²) < 4.78 is 47.7. The van der Waals surface area contributed by atoms with Crippen LogP contribution in [0.5, 0.6) is 0 Å². The molecule has 1 fully saturated rings. The normalized spacial score (nSPS) is 14.8. The first-order valence-corrected chi connectivity index (χ1v) is 12.1. The maximum Gasteiger partial charge on any atom is 0.434 e. The number of pyridine rings is 1. The van der Waals surface area contributed by atoms with Crippen LogP contribution in [0.2, 0.25) is 0 Å². The zero-order valence-corrected chi connectivity index (χ0v) is 19.8. The molecule has 13 heteroatoms. The Labute approximate surface area is 201 Å². The molecule has 3 aromatic heterocycles. The van der Waals surface area contributed by atoms with Gasteiger partial charge in [0.15, 0.2) is 16.9 Å². The molecule has 0 spiro atoms. The minimum absolute atomic E-state index is 0.0211. The molecule has 1 unspecified atom stereocenters. The largest absolute Gasteiger partial charge is 0.434 e. The molecule has 180 valence electrons. The number of alkyl halides is 3. The van der Waals surface area contributed by atoms with Crippen LogP contribution >= 0.6 is 23.3 Å². The highest BCUT2D eigenvalue weighted by molar-refractivity contribution is 8.01. The van der Waals surface area contributed by atoms with E-state index in [2.05, 4.69) is 30.0 Å². The Morgan fingerprint density at radius 2 is 2.00 bits per heavy atom. The highest BCUT2D eigenvalue weighted by Crippen LogP contribution is 2.36. The molecule has 0 bridgehead atoms. The van der Waals surface area contributed by atoms with Gasteiger partial charge >= 0.3 is 6.18 Å². The predicted octanol–water partition coefficient (Wildman–Crippen LogP) is 5.34. The first kappa shape index (κ1) is 24.4. The lowest BCUT2D eigenvalue weighted by atomic mass is 10.2. The van der Waals surface area contributed by atoms with Gasteiger partial charge in [-0.15, -0.1) is 11.3 Å². The first-order valence-electron chi connectivity index (χ1n) is 10.4. The van der Waals surface area contributed by atoms with Gasteiger partial charge in [0.05, 0.1) is 29.9 Å². The fraction of sp³-hybridized carbons (Fsp3) is 0.381. The number of rotatable bonds is 9. The fourth-order valence-electron chi connectivity index (χ4n) is 2.76. The van der Waals surface area contributed by atoms with E-state index in [0.717, 1.165) is 0 Å². The van der Waals surface area contributed by atoms with Gasteiger partial charge in [0, 0.05) is 22.4 Å². The van der Waals surface area contributed by atoms with Crippen molar-refractivity contribution in [2.45, 2.75) is 50.3 Å². The monoisotopic (exact) mass is 510 g/mol. The Kier molecular flexibility index (Phi) is 7.33. The number of nitrogens with zero attached hydrogens (tertiary/aromatic N) is 4. The van der Waals surface area contributed by atoms with E-state index >= 15 is 0 Å². The summed E-state index contributed by atoms with van der Waals surface area (Å²) >= 11 is 3.01. The lowest BCUT2D eigenvalue weighted by Crippen LogP contribution is -2.26. The Bertz CT molecular complexity index is 1140. The van der Waals surface area contributed by atoms with Crippen LogP contribution in [0.25, 0.3) is 11.3 Å². The number of anilines is 2. The van der Waals surface area contributed by atoms with Gasteiger partial charge in [-0.25, -0.2) is 15.0 Å². The van der Waals surface area contributed by atoms with Crippen molar-refractivity contribution in [3.8, 4) is 11.3 Å². The maximum atomic E-state index is 13.0. The van der Waals surface area contributed by atoms with Crippen molar-refractivity contribution in [3.63, 3.8) is 0 Å². The molecule has 1 atom stereocenters. The molecular weight excluding hydrogens is 489 g/mol. The third kappa shape index (κ3) is 6.42. The van der Waals surface area contributed by atoms with Gasteiger partial charge < -0.3 is 14.8 Å². The van der Waals surface area contributed by atoms with Gasteiger partial charge in [-0.2, -0.15) is 13.2 Å². The lowest BCUT2D eigenvalue weighted by molar-refractivity contribution is -0.141. The molecule has 3 aromatic rings. The van der Waals surface area contributed by atoms with E-state index in [4.69, 9.17) is 4.74 Å². The van der Waals surface area contributed by atoms with Crippen molar-refractivity contribution in [1.29, 1.82) is 0 Å². The lowest BCUT2D eigenvalue weighted by Gasteiger charge is -2.18. The topological polar surface area (TPSA) is 102 Å². The van der Waals surface area contributed by atoms with Crippen LogP contribution < -0.4 is 10.0 Å². The van der Waals surface area contributed by atoms with Crippen molar-refractivity contribution < 1.29 is 22.7 Å². The molecule has 1 aliphatic rings. The second-order valence-corrected chi connectivity index (χ2v) is 9.73. The third-order valence-corrected chi connectivity index (χ3v) is 6.53. The van der Waals surface area contributed by atoms with Crippen LogP contribution in [-0.2, 0) is 15.7 Å². The summed E-state index contributed by atoms with van der Waals surface area (Å²) in [6.45, 7) is 3.63. The standard InChI is InChI=1S/C21H21F3N6O2S2/c1-11(2)32-18(15-10-33-20(28-15)30-34-13-4-5-13)19(31)29-17-6-3-12(7-26-17)14-8-25-9-16(27-14)21(22,23)24/h3,6-11,13,18H,4-5H2,1-2H3,(H,28,30)(H,26,29,31). The molecular formula is C21H21F3N6O2S2. The molecule has 2 N–H and O–H groups in total. The Balaban J connectivity index is 1.45. The number of hydrogen-bond acceptors (Lipinski definition) is 9. The van der Waals surface area contributed by atoms with E-state index in [1.807, 2.05) is 13.8 Å². The molecule has 4 rings (SSSR count). The molecule has 0 radical (unpaired) electrons. The summed E-state index contributed by atoms with van der Waals surface area (Å²) in [5, 5.41) is 5.75. The molecule has 1 amide bonds.